The molecule has 0 bridgehead atoms. The van der Waals surface area contributed by atoms with Gasteiger partial charge in [0.2, 0.25) is 11.9 Å². The Labute approximate surface area is 222 Å². The standard InChI is InChI=1S/C27H35FN6O4/c1-26(2,3)38-25(37)34-17-21(35)15-27(34,4)23(36)30-14-8-6-7-9-18-16-31-24(33-22(18)29-5)32-20-12-10-19(28)11-13-20/h10-13,16,21,35H,6,8,14-15,17H2,1-5H3,(H,30,36)(H2,29,31,32,33)/t21-,27+/m1/s1. The second-order valence-corrected chi connectivity index (χ2v) is 10.2. The molecule has 38 heavy (non-hydrogen) atoms. The Balaban J connectivity index is 1.52. The van der Waals surface area contributed by atoms with Crippen LogP contribution < -0.4 is 16.0 Å². The van der Waals surface area contributed by atoms with Crippen molar-refractivity contribution in [3.8, 4) is 11.8 Å². The van der Waals surface area contributed by atoms with Gasteiger partial charge < -0.3 is 25.8 Å². The molecule has 2 atom stereocenters. The Morgan fingerprint density at radius 2 is 2.00 bits per heavy atom. The van der Waals surface area contributed by atoms with E-state index >= 15 is 0 Å². The molecule has 0 saturated carbocycles. The first-order valence-corrected chi connectivity index (χ1v) is 12.4. The number of hydrogen-bond acceptors (Lipinski definition) is 8. The minimum atomic E-state index is -1.20. The zero-order valence-electron chi connectivity index (χ0n) is 22.4. The molecule has 0 radical (unpaired) electrons. The van der Waals surface area contributed by atoms with Gasteiger partial charge in [-0.2, -0.15) is 4.98 Å². The number of likely N-dealkylation sites (tertiary alicyclic amines) is 1. The number of hydrogen-bond donors (Lipinski definition) is 4. The van der Waals surface area contributed by atoms with E-state index in [0.29, 0.717) is 42.4 Å². The summed E-state index contributed by atoms with van der Waals surface area (Å²) < 4.78 is 18.5. The van der Waals surface area contributed by atoms with E-state index in [1.54, 1.807) is 53.1 Å². The topological polar surface area (TPSA) is 129 Å². The fourth-order valence-corrected chi connectivity index (χ4v) is 3.97. The largest absolute Gasteiger partial charge is 0.444 e. The lowest BCUT2D eigenvalue weighted by atomic mass is 9.97. The van der Waals surface area contributed by atoms with Crippen molar-refractivity contribution in [3.05, 3.63) is 41.8 Å². The summed E-state index contributed by atoms with van der Waals surface area (Å²) in [4.78, 5) is 35.5. The molecule has 1 saturated heterocycles. The van der Waals surface area contributed by atoms with Crippen LogP contribution in [0.2, 0.25) is 0 Å². The molecular formula is C27H35FN6O4. The van der Waals surface area contributed by atoms with E-state index in [-0.39, 0.29) is 24.7 Å². The highest BCUT2D eigenvalue weighted by molar-refractivity contribution is 5.90. The Morgan fingerprint density at radius 1 is 1.29 bits per heavy atom. The molecule has 10 nitrogen and oxygen atoms in total. The van der Waals surface area contributed by atoms with Crippen LogP contribution in [0, 0.1) is 17.7 Å². The maximum atomic E-state index is 13.1. The van der Waals surface area contributed by atoms with Crippen LogP contribution in [0.3, 0.4) is 0 Å². The van der Waals surface area contributed by atoms with E-state index < -0.39 is 23.3 Å². The van der Waals surface area contributed by atoms with Crippen molar-refractivity contribution in [1.29, 1.82) is 0 Å². The first-order valence-electron chi connectivity index (χ1n) is 12.4. The van der Waals surface area contributed by atoms with Crippen LogP contribution in [-0.2, 0) is 9.53 Å². The molecule has 2 amide bonds. The molecule has 0 unspecified atom stereocenters. The number of nitrogens with one attached hydrogen (secondary N) is 3. The summed E-state index contributed by atoms with van der Waals surface area (Å²) in [5.41, 5.74) is -0.639. The van der Waals surface area contributed by atoms with Gasteiger partial charge in [0.05, 0.1) is 24.4 Å². The van der Waals surface area contributed by atoms with Gasteiger partial charge in [-0.1, -0.05) is 11.8 Å². The SMILES string of the molecule is CNc1nc(Nc2ccc(F)cc2)ncc1C#CCCCNC(=O)[C@]1(C)C[C@@H](O)CN1C(=O)OC(C)(C)C. The maximum Gasteiger partial charge on any atom is 0.411 e. The first-order chi connectivity index (χ1) is 17.9. The number of benzene rings is 1. The van der Waals surface area contributed by atoms with E-state index in [1.165, 1.54) is 17.0 Å². The zero-order chi connectivity index (χ0) is 27.9. The van der Waals surface area contributed by atoms with Gasteiger partial charge in [0, 0.05) is 32.1 Å². The Morgan fingerprint density at radius 3 is 2.66 bits per heavy atom. The van der Waals surface area contributed by atoms with Crippen molar-refractivity contribution in [3.63, 3.8) is 0 Å². The number of nitrogens with zero attached hydrogens (tertiary/aromatic N) is 3. The Kier molecular flexibility index (Phi) is 9.12. The van der Waals surface area contributed by atoms with Gasteiger partial charge in [-0.25, -0.2) is 14.2 Å². The van der Waals surface area contributed by atoms with Crippen LogP contribution in [0.25, 0.3) is 0 Å². The first kappa shape index (κ1) is 28.7. The predicted octanol–water partition coefficient (Wildman–Crippen LogP) is 3.41. The second kappa shape index (κ2) is 12.1. The van der Waals surface area contributed by atoms with Crippen LogP contribution in [-0.4, -0.2) is 69.4 Å². The van der Waals surface area contributed by atoms with Crippen LogP contribution in [0.15, 0.2) is 30.5 Å². The second-order valence-electron chi connectivity index (χ2n) is 10.2. The number of aliphatic hydroxyl groups is 1. The van der Waals surface area contributed by atoms with Gasteiger partial charge in [-0.15, -0.1) is 0 Å². The van der Waals surface area contributed by atoms with Crippen LogP contribution in [0.4, 0.5) is 26.6 Å². The number of carbonyl (C=O) groups is 2. The number of aliphatic hydroxyl groups excluding tert-OH is 1. The van der Waals surface area contributed by atoms with Gasteiger partial charge in [-0.3, -0.25) is 9.69 Å². The number of amides is 2. The molecule has 1 aromatic heterocycles. The molecule has 2 aromatic rings. The summed E-state index contributed by atoms with van der Waals surface area (Å²) >= 11 is 0. The third kappa shape index (κ3) is 7.55. The third-order valence-electron chi connectivity index (χ3n) is 5.84. The number of rotatable bonds is 7. The third-order valence-corrected chi connectivity index (χ3v) is 5.84. The average Bonchev–Trinajstić information content (AvgIpc) is 3.17. The normalized spacial score (nSPS) is 18.8. The van der Waals surface area contributed by atoms with Crippen molar-refractivity contribution in [2.75, 3.05) is 30.8 Å². The van der Waals surface area contributed by atoms with E-state index in [2.05, 4.69) is 37.8 Å². The average molecular weight is 527 g/mol. The summed E-state index contributed by atoms with van der Waals surface area (Å²) in [7, 11) is 1.73. The van der Waals surface area contributed by atoms with Crippen LogP contribution in [0.5, 0.6) is 0 Å². The smallest absolute Gasteiger partial charge is 0.411 e. The summed E-state index contributed by atoms with van der Waals surface area (Å²) in [6.45, 7) is 7.29. The molecule has 1 aromatic carbocycles. The fraction of sp³-hybridized carbons (Fsp3) is 0.481. The molecule has 0 spiro atoms. The highest BCUT2D eigenvalue weighted by atomic mass is 19.1. The van der Waals surface area contributed by atoms with Gasteiger partial charge >= 0.3 is 6.09 Å². The van der Waals surface area contributed by atoms with Gasteiger partial charge in [0.1, 0.15) is 22.8 Å². The van der Waals surface area contributed by atoms with E-state index in [0.717, 1.165) is 0 Å². The van der Waals surface area contributed by atoms with Gasteiger partial charge in [-0.05, 0) is 58.4 Å². The number of carbonyl (C=O) groups excluding carboxylic acids is 2. The lowest BCUT2D eigenvalue weighted by Gasteiger charge is -2.34. The summed E-state index contributed by atoms with van der Waals surface area (Å²) in [5.74, 6) is 6.31. The molecule has 4 N–H and O–H groups in total. The summed E-state index contributed by atoms with van der Waals surface area (Å²) in [6, 6.07) is 5.87. The molecule has 1 aliphatic heterocycles. The molecule has 1 aliphatic rings. The molecule has 1 fully saturated rings. The molecule has 2 heterocycles. The Bertz CT molecular complexity index is 1200. The zero-order valence-corrected chi connectivity index (χ0v) is 22.4. The summed E-state index contributed by atoms with van der Waals surface area (Å²) in [6.07, 6.45) is 1.40. The molecule has 0 aliphatic carbocycles. The van der Waals surface area contributed by atoms with E-state index in [4.69, 9.17) is 4.74 Å². The minimum absolute atomic E-state index is 0.0401. The number of anilines is 3. The van der Waals surface area contributed by atoms with Crippen molar-refractivity contribution in [1.82, 2.24) is 20.2 Å². The van der Waals surface area contributed by atoms with Gasteiger partial charge in [0.25, 0.3) is 0 Å². The lowest BCUT2D eigenvalue weighted by molar-refractivity contribution is -0.131. The number of halogens is 1. The Hall–Kier alpha value is -3.91. The van der Waals surface area contributed by atoms with Crippen molar-refractivity contribution in [2.45, 2.75) is 64.2 Å². The molecule has 3 rings (SSSR count). The minimum Gasteiger partial charge on any atom is -0.444 e. The van der Waals surface area contributed by atoms with Crippen molar-refractivity contribution < 1.29 is 23.8 Å². The van der Waals surface area contributed by atoms with Gasteiger partial charge in [0.15, 0.2) is 0 Å². The fourth-order valence-electron chi connectivity index (χ4n) is 3.97. The highest BCUT2D eigenvalue weighted by Crippen LogP contribution is 2.31. The van der Waals surface area contributed by atoms with Crippen LogP contribution >= 0.6 is 0 Å². The molecule has 11 heteroatoms. The predicted molar refractivity (Wildman–Crippen MR) is 142 cm³/mol. The van der Waals surface area contributed by atoms with Crippen molar-refractivity contribution >= 4 is 29.5 Å². The quantitative estimate of drug-likeness (QED) is 0.319. The van der Waals surface area contributed by atoms with E-state index in [9.17, 15) is 19.1 Å². The maximum absolute atomic E-state index is 13.1. The lowest BCUT2D eigenvalue weighted by Crippen LogP contribution is -2.56. The molecule has 204 valence electrons. The van der Waals surface area contributed by atoms with E-state index in [1.807, 2.05) is 0 Å². The van der Waals surface area contributed by atoms with Crippen molar-refractivity contribution in [2.24, 2.45) is 0 Å². The number of aromatic nitrogens is 2. The highest BCUT2D eigenvalue weighted by Gasteiger charge is 2.50. The van der Waals surface area contributed by atoms with Crippen LogP contribution in [0.1, 0.15) is 52.5 Å². The number of ether oxygens (including phenoxy) is 1. The number of unbranched alkanes of at least 4 members (excludes halogenated alkanes) is 1. The monoisotopic (exact) mass is 526 g/mol. The molecular weight excluding hydrogens is 491 g/mol. The number of β-amino-alcohol motifs (C(OH)–C–C–N with tert-alkyl or cyclic N) is 1. The summed E-state index contributed by atoms with van der Waals surface area (Å²) in [5, 5.41) is 19.0.